The molecule has 1 unspecified atom stereocenters. The van der Waals surface area contributed by atoms with Crippen LogP contribution in [0.25, 0.3) is 0 Å². The number of allylic oxidation sites excluding steroid dienone is 11. The first kappa shape index (κ1) is 15.3. The Hall–Kier alpha value is -2.56. The summed E-state index contributed by atoms with van der Waals surface area (Å²) in [6, 6.07) is 8.91. The van der Waals surface area contributed by atoms with Gasteiger partial charge in [0.25, 0.3) is 0 Å². The van der Waals surface area contributed by atoms with Gasteiger partial charge in [0.05, 0.1) is 0 Å². The van der Waals surface area contributed by atoms with Gasteiger partial charge in [-0.2, -0.15) is 0 Å². The van der Waals surface area contributed by atoms with Gasteiger partial charge in [0.1, 0.15) is 0 Å². The lowest BCUT2D eigenvalue weighted by Gasteiger charge is -2.34. The largest absolute Gasteiger partial charge is 0.121 e. The molecule has 1 atom stereocenters. The maximum atomic E-state index is 3.16. The van der Waals surface area contributed by atoms with Crippen LogP contribution in [0, 0.1) is 6.92 Å². The van der Waals surface area contributed by atoms with Crippen LogP contribution in [0.4, 0.5) is 0 Å². The first-order chi connectivity index (χ1) is 11.2. The maximum absolute atomic E-state index is 3.16. The fraction of sp³-hybridized carbons (Fsp3) is 0.174. The number of benzene rings is 1. The minimum atomic E-state index is -0.153. The smallest absolute Gasteiger partial charge is 0.0389 e. The van der Waals surface area contributed by atoms with Gasteiger partial charge in [0.15, 0.2) is 0 Å². The van der Waals surface area contributed by atoms with Gasteiger partial charge in [-0.1, -0.05) is 84.0 Å². The Morgan fingerprint density at radius 2 is 1.74 bits per heavy atom. The highest BCUT2D eigenvalue weighted by Gasteiger charge is 2.33. The summed E-state index contributed by atoms with van der Waals surface area (Å²) in [5.74, 6) is 0. The third-order valence-electron chi connectivity index (χ3n) is 4.67. The zero-order chi connectivity index (χ0) is 16.1. The molecule has 0 aromatic heterocycles. The van der Waals surface area contributed by atoms with Gasteiger partial charge in [-0.05, 0) is 43.6 Å². The molecule has 2 aliphatic rings. The minimum absolute atomic E-state index is 0.153. The summed E-state index contributed by atoms with van der Waals surface area (Å²) in [6.07, 6.45) is 22.2. The van der Waals surface area contributed by atoms with Crippen LogP contribution >= 0.6 is 0 Å². The molecule has 0 N–H and O–H groups in total. The van der Waals surface area contributed by atoms with Crippen LogP contribution in [0.15, 0.2) is 102 Å². The number of hydrogen-bond acceptors (Lipinski definition) is 0. The van der Waals surface area contributed by atoms with Crippen LogP contribution in [0.5, 0.6) is 0 Å². The molecule has 0 saturated carbocycles. The van der Waals surface area contributed by atoms with E-state index in [2.05, 4.69) is 92.5 Å². The second kappa shape index (κ2) is 6.69. The van der Waals surface area contributed by atoms with Crippen molar-refractivity contribution in [3.63, 3.8) is 0 Å². The SMILES string of the molecule is Cc1ccc(C(C)(C2=CC=C=CC=C2)C2=CC=CC=CC2)cc1. The Labute approximate surface area is 139 Å². The van der Waals surface area contributed by atoms with Gasteiger partial charge in [0, 0.05) is 5.41 Å². The summed E-state index contributed by atoms with van der Waals surface area (Å²) >= 11 is 0. The molecule has 0 bridgehead atoms. The lowest BCUT2D eigenvalue weighted by molar-refractivity contribution is 0.657. The van der Waals surface area contributed by atoms with Crippen LogP contribution in [0.1, 0.15) is 24.5 Å². The number of hydrogen-bond donors (Lipinski definition) is 0. The quantitative estimate of drug-likeness (QED) is 0.609. The standard InChI is InChI=1S/C23H22/c1-19-15-17-22(18-16-19)23(2,20-11-7-3-4-8-12-20)21-13-9-5-6-10-14-21/h3-5,7-11,13-18H,12H2,1-2H3. The maximum Gasteiger partial charge on any atom is 0.0389 e. The van der Waals surface area contributed by atoms with E-state index in [9.17, 15) is 0 Å². The van der Waals surface area contributed by atoms with E-state index in [0.717, 1.165) is 6.42 Å². The molecule has 2 aliphatic carbocycles. The minimum Gasteiger partial charge on any atom is -0.121 e. The van der Waals surface area contributed by atoms with Gasteiger partial charge >= 0.3 is 0 Å². The van der Waals surface area contributed by atoms with Crippen LogP contribution in [-0.4, -0.2) is 0 Å². The first-order valence-corrected chi connectivity index (χ1v) is 8.11. The van der Waals surface area contributed by atoms with Crippen molar-refractivity contribution in [3.05, 3.63) is 113 Å². The summed E-state index contributed by atoms with van der Waals surface area (Å²) in [6.45, 7) is 4.46. The second-order valence-electron chi connectivity index (χ2n) is 6.18. The van der Waals surface area contributed by atoms with Crippen molar-refractivity contribution >= 4 is 0 Å². The topological polar surface area (TPSA) is 0 Å². The van der Waals surface area contributed by atoms with E-state index >= 15 is 0 Å². The Kier molecular flexibility index (Phi) is 4.46. The highest BCUT2D eigenvalue weighted by atomic mass is 14.4. The van der Waals surface area contributed by atoms with E-state index in [1.54, 1.807) is 0 Å². The average molecular weight is 298 g/mol. The molecule has 0 heteroatoms. The van der Waals surface area contributed by atoms with Crippen molar-refractivity contribution in [1.82, 2.24) is 0 Å². The molecule has 0 aliphatic heterocycles. The van der Waals surface area contributed by atoms with Gasteiger partial charge in [-0.15, -0.1) is 5.73 Å². The van der Waals surface area contributed by atoms with Crippen molar-refractivity contribution in [3.8, 4) is 0 Å². The molecule has 23 heavy (non-hydrogen) atoms. The van der Waals surface area contributed by atoms with E-state index in [-0.39, 0.29) is 5.41 Å². The van der Waals surface area contributed by atoms with E-state index in [4.69, 9.17) is 0 Å². The number of aryl methyl sites for hydroxylation is 1. The Balaban J connectivity index is 2.17. The summed E-state index contributed by atoms with van der Waals surface area (Å²) in [4.78, 5) is 0. The lowest BCUT2D eigenvalue weighted by Crippen LogP contribution is -2.27. The molecular formula is C23H22. The van der Waals surface area contributed by atoms with Crippen molar-refractivity contribution < 1.29 is 0 Å². The molecule has 0 saturated heterocycles. The van der Waals surface area contributed by atoms with Crippen LogP contribution in [0.2, 0.25) is 0 Å². The molecule has 1 aromatic rings. The molecule has 0 fully saturated rings. The predicted molar refractivity (Wildman–Crippen MR) is 99.4 cm³/mol. The molecule has 0 amide bonds. The molecule has 0 heterocycles. The van der Waals surface area contributed by atoms with Gasteiger partial charge < -0.3 is 0 Å². The van der Waals surface area contributed by atoms with Crippen LogP contribution < -0.4 is 0 Å². The fourth-order valence-corrected chi connectivity index (χ4v) is 3.16. The zero-order valence-corrected chi connectivity index (χ0v) is 13.8. The van der Waals surface area contributed by atoms with Crippen LogP contribution in [-0.2, 0) is 5.41 Å². The molecule has 1 aromatic carbocycles. The van der Waals surface area contributed by atoms with Crippen LogP contribution in [0.3, 0.4) is 0 Å². The third-order valence-corrected chi connectivity index (χ3v) is 4.67. The predicted octanol–water partition coefficient (Wildman–Crippen LogP) is 5.90. The van der Waals surface area contributed by atoms with Crippen molar-refractivity contribution in [2.75, 3.05) is 0 Å². The molecule has 0 radical (unpaired) electrons. The monoisotopic (exact) mass is 298 g/mol. The highest BCUT2D eigenvalue weighted by Crippen LogP contribution is 2.42. The van der Waals surface area contributed by atoms with Gasteiger partial charge in [-0.25, -0.2) is 0 Å². The lowest BCUT2D eigenvalue weighted by atomic mass is 9.68. The molecule has 0 spiro atoms. The average Bonchev–Trinajstić information content (AvgIpc) is 3.00. The second-order valence-corrected chi connectivity index (χ2v) is 6.18. The summed E-state index contributed by atoms with van der Waals surface area (Å²) in [5.41, 5.74) is 8.31. The summed E-state index contributed by atoms with van der Waals surface area (Å²) in [7, 11) is 0. The van der Waals surface area contributed by atoms with Gasteiger partial charge in [-0.3, -0.25) is 0 Å². The van der Waals surface area contributed by atoms with E-state index in [0.29, 0.717) is 0 Å². The Morgan fingerprint density at radius 1 is 0.913 bits per heavy atom. The highest BCUT2D eigenvalue weighted by molar-refractivity contribution is 5.53. The van der Waals surface area contributed by atoms with Crippen molar-refractivity contribution in [1.29, 1.82) is 0 Å². The molecule has 3 rings (SSSR count). The fourth-order valence-electron chi connectivity index (χ4n) is 3.16. The van der Waals surface area contributed by atoms with Gasteiger partial charge in [0.2, 0.25) is 0 Å². The molecule has 0 nitrogen and oxygen atoms in total. The van der Waals surface area contributed by atoms with E-state index in [1.807, 2.05) is 12.2 Å². The van der Waals surface area contributed by atoms with E-state index < -0.39 is 0 Å². The Bertz CT molecular complexity index is 785. The zero-order valence-electron chi connectivity index (χ0n) is 13.8. The number of rotatable bonds is 3. The third kappa shape index (κ3) is 3.13. The normalized spacial score (nSPS) is 18.9. The summed E-state index contributed by atoms with van der Waals surface area (Å²) < 4.78 is 0. The molecule has 114 valence electrons. The van der Waals surface area contributed by atoms with Crippen molar-refractivity contribution in [2.45, 2.75) is 25.7 Å². The molecular weight excluding hydrogens is 276 g/mol. The summed E-state index contributed by atoms with van der Waals surface area (Å²) in [5, 5.41) is 0. The van der Waals surface area contributed by atoms with E-state index in [1.165, 1.54) is 22.3 Å². The van der Waals surface area contributed by atoms with Crippen molar-refractivity contribution in [2.24, 2.45) is 0 Å². The Morgan fingerprint density at radius 3 is 2.57 bits per heavy atom. The first-order valence-electron chi connectivity index (χ1n) is 8.11.